The van der Waals surface area contributed by atoms with E-state index >= 15 is 0 Å². The van der Waals surface area contributed by atoms with Crippen molar-refractivity contribution in [3.63, 3.8) is 0 Å². The Morgan fingerprint density at radius 2 is 1.97 bits per heavy atom. The predicted molar refractivity (Wildman–Crippen MR) is 131 cm³/mol. The van der Waals surface area contributed by atoms with Gasteiger partial charge in [-0.25, -0.2) is 19.3 Å². The van der Waals surface area contributed by atoms with Crippen LogP contribution in [-0.4, -0.2) is 52.4 Å². The number of rotatable bonds is 7. The Kier molecular flexibility index (Phi) is 6.41. The molecule has 178 valence electrons. The summed E-state index contributed by atoms with van der Waals surface area (Å²) in [5.41, 5.74) is 4.07. The van der Waals surface area contributed by atoms with Crippen LogP contribution in [-0.2, 0) is 0 Å². The van der Waals surface area contributed by atoms with Crippen LogP contribution in [0.1, 0.15) is 24.1 Å². The zero-order valence-electron chi connectivity index (χ0n) is 19.3. The highest BCUT2D eigenvalue weighted by Crippen LogP contribution is 2.28. The summed E-state index contributed by atoms with van der Waals surface area (Å²) in [5.74, 6) is 0.703. The van der Waals surface area contributed by atoms with Crippen LogP contribution >= 0.6 is 0 Å². The van der Waals surface area contributed by atoms with Crippen LogP contribution in [0, 0.1) is 11.3 Å². The maximum atomic E-state index is 12.8. The monoisotopic (exact) mass is 472 g/mol. The average molecular weight is 473 g/mol. The van der Waals surface area contributed by atoms with Crippen LogP contribution in [0.2, 0.25) is 0 Å². The minimum absolute atomic E-state index is 0.0559. The van der Waals surface area contributed by atoms with Gasteiger partial charge in [0.15, 0.2) is 11.4 Å². The van der Waals surface area contributed by atoms with Crippen molar-refractivity contribution in [2.75, 3.05) is 43.3 Å². The zero-order chi connectivity index (χ0) is 24.2. The lowest BCUT2D eigenvalue weighted by Crippen LogP contribution is -2.43. The molecule has 2 N–H and O–H groups in total. The number of halogens is 1. The standard InChI is InChI=1S/C25H25FN8O/c1-17(18-4-6-20(7-5-18)33-11-8-28-9-12-33)31-25-30-14-19(13-27)23(32-25)21-15-29-24-22(35-16-26)3-2-10-34(21)24/h2-7,10,14-15,17,28H,8-9,11-12,16H2,1H3,(H,30,31,32)/t17-/m0/s1. The fourth-order valence-corrected chi connectivity index (χ4v) is 4.23. The lowest BCUT2D eigenvalue weighted by atomic mass is 10.1. The molecule has 5 rings (SSSR count). The third-order valence-corrected chi connectivity index (χ3v) is 6.08. The van der Waals surface area contributed by atoms with Gasteiger partial charge in [-0.05, 0) is 36.8 Å². The largest absolute Gasteiger partial charge is 0.459 e. The number of piperazine rings is 1. The summed E-state index contributed by atoms with van der Waals surface area (Å²) >= 11 is 0. The number of imidazole rings is 1. The number of nitrogens with zero attached hydrogens (tertiary/aromatic N) is 6. The molecular weight excluding hydrogens is 447 g/mol. The molecule has 4 aromatic rings. The van der Waals surface area contributed by atoms with E-state index in [9.17, 15) is 9.65 Å². The molecule has 0 bridgehead atoms. The van der Waals surface area contributed by atoms with Gasteiger partial charge in [0, 0.05) is 38.1 Å². The predicted octanol–water partition coefficient (Wildman–Crippen LogP) is 3.55. The van der Waals surface area contributed by atoms with E-state index in [0.29, 0.717) is 34.3 Å². The van der Waals surface area contributed by atoms with Gasteiger partial charge in [0.2, 0.25) is 12.8 Å². The Balaban J connectivity index is 1.40. The summed E-state index contributed by atoms with van der Waals surface area (Å²) < 4.78 is 19.5. The zero-order valence-corrected chi connectivity index (χ0v) is 19.3. The van der Waals surface area contributed by atoms with E-state index in [-0.39, 0.29) is 6.04 Å². The number of hydrogen-bond acceptors (Lipinski definition) is 8. The second-order valence-electron chi connectivity index (χ2n) is 8.23. The number of nitriles is 1. The van der Waals surface area contributed by atoms with Crippen molar-refractivity contribution in [1.29, 1.82) is 5.26 Å². The summed E-state index contributed by atoms with van der Waals surface area (Å²) in [6.07, 6.45) is 4.85. The van der Waals surface area contributed by atoms with Crippen LogP contribution in [0.25, 0.3) is 17.0 Å². The van der Waals surface area contributed by atoms with Crippen molar-refractivity contribution in [3.05, 3.63) is 66.1 Å². The highest BCUT2D eigenvalue weighted by atomic mass is 19.1. The number of alkyl halides is 1. The molecule has 35 heavy (non-hydrogen) atoms. The van der Waals surface area contributed by atoms with Crippen LogP contribution in [0.5, 0.6) is 5.75 Å². The smallest absolute Gasteiger partial charge is 0.228 e. The third-order valence-electron chi connectivity index (χ3n) is 6.08. The van der Waals surface area contributed by atoms with Gasteiger partial charge in [-0.15, -0.1) is 0 Å². The number of anilines is 2. The first-order valence-electron chi connectivity index (χ1n) is 11.4. The molecule has 10 heteroatoms. The summed E-state index contributed by atoms with van der Waals surface area (Å²) in [7, 11) is 0. The van der Waals surface area contributed by atoms with Crippen LogP contribution in [0.4, 0.5) is 16.0 Å². The summed E-state index contributed by atoms with van der Waals surface area (Å²) in [6.45, 7) is 5.07. The first-order valence-corrected chi connectivity index (χ1v) is 11.4. The lowest BCUT2D eigenvalue weighted by molar-refractivity contribution is 0.193. The minimum atomic E-state index is -0.957. The van der Waals surface area contributed by atoms with E-state index in [1.807, 2.05) is 6.92 Å². The van der Waals surface area contributed by atoms with E-state index in [1.165, 1.54) is 11.9 Å². The van der Waals surface area contributed by atoms with Crippen molar-refractivity contribution < 1.29 is 9.13 Å². The SMILES string of the molecule is C[C@H](Nc1ncc(C#N)c(-c2cnc3c(OCF)cccn23)n1)c1ccc(N2CCNCC2)cc1. The normalized spacial score (nSPS) is 14.5. The van der Waals surface area contributed by atoms with E-state index in [1.54, 1.807) is 28.9 Å². The quantitative estimate of drug-likeness (QED) is 0.421. The summed E-state index contributed by atoms with van der Waals surface area (Å²) in [6, 6.07) is 13.9. The van der Waals surface area contributed by atoms with E-state index < -0.39 is 6.86 Å². The molecular formula is C25H25FN8O. The highest BCUT2D eigenvalue weighted by molar-refractivity contribution is 5.69. The van der Waals surface area contributed by atoms with Gasteiger partial charge in [0.1, 0.15) is 11.8 Å². The van der Waals surface area contributed by atoms with E-state index in [2.05, 4.69) is 60.8 Å². The van der Waals surface area contributed by atoms with Crippen molar-refractivity contribution in [3.8, 4) is 23.2 Å². The maximum Gasteiger partial charge on any atom is 0.228 e. The number of pyridine rings is 1. The number of hydrogen-bond donors (Lipinski definition) is 2. The van der Waals surface area contributed by atoms with Crippen molar-refractivity contribution in [2.24, 2.45) is 0 Å². The lowest BCUT2D eigenvalue weighted by Gasteiger charge is -2.29. The van der Waals surface area contributed by atoms with Gasteiger partial charge in [-0.1, -0.05) is 12.1 Å². The second-order valence-corrected chi connectivity index (χ2v) is 8.23. The van der Waals surface area contributed by atoms with Gasteiger partial charge >= 0.3 is 0 Å². The number of nitrogens with one attached hydrogen (secondary N) is 2. The van der Waals surface area contributed by atoms with E-state index in [0.717, 1.165) is 31.7 Å². The van der Waals surface area contributed by atoms with Crippen molar-refractivity contribution in [1.82, 2.24) is 24.7 Å². The Labute approximate surface area is 202 Å². The van der Waals surface area contributed by atoms with Gasteiger partial charge in [0.05, 0.1) is 29.7 Å². The topological polar surface area (TPSA) is 103 Å². The average Bonchev–Trinajstić information content (AvgIpc) is 3.34. The fraction of sp³-hybridized carbons (Fsp3) is 0.280. The second kappa shape index (κ2) is 9.95. The summed E-state index contributed by atoms with van der Waals surface area (Å²) in [5, 5.41) is 16.4. The van der Waals surface area contributed by atoms with Crippen LogP contribution in [0.3, 0.4) is 0 Å². The molecule has 0 aliphatic carbocycles. The third kappa shape index (κ3) is 4.58. The molecule has 0 amide bonds. The highest BCUT2D eigenvalue weighted by Gasteiger charge is 2.17. The molecule has 1 aliphatic heterocycles. The molecule has 9 nitrogen and oxygen atoms in total. The van der Waals surface area contributed by atoms with Gasteiger partial charge in [-0.2, -0.15) is 5.26 Å². The van der Waals surface area contributed by atoms with Crippen LogP contribution in [0.15, 0.2) is 55.0 Å². The van der Waals surface area contributed by atoms with Crippen molar-refractivity contribution in [2.45, 2.75) is 13.0 Å². The van der Waals surface area contributed by atoms with Gasteiger partial charge in [0.25, 0.3) is 0 Å². The van der Waals surface area contributed by atoms with Gasteiger partial charge in [-0.3, -0.25) is 4.40 Å². The Morgan fingerprint density at radius 3 is 2.71 bits per heavy atom. The molecule has 0 spiro atoms. The summed E-state index contributed by atoms with van der Waals surface area (Å²) in [4.78, 5) is 15.7. The molecule has 0 unspecified atom stereocenters. The number of fused-ring (bicyclic) bond motifs is 1. The number of aromatic nitrogens is 4. The molecule has 3 aromatic heterocycles. The molecule has 1 atom stereocenters. The van der Waals surface area contributed by atoms with Crippen LogP contribution < -0.4 is 20.3 Å². The first kappa shape index (κ1) is 22.6. The fourth-order valence-electron chi connectivity index (χ4n) is 4.23. The minimum Gasteiger partial charge on any atom is -0.459 e. The first-order chi connectivity index (χ1) is 17.2. The maximum absolute atomic E-state index is 12.8. The number of benzene rings is 1. The van der Waals surface area contributed by atoms with Crippen molar-refractivity contribution >= 4 is 17.3 Å². The Morgan fingerprint density at radius 1 is 1.17 bits per heavy atom. The molecule has 0 saturated carbocycles. The molecule has 0 radical (unpaired) electrons. The molecule has 1 aliphatic rings. The Hall–Kier alpha value is -4.23. The molecule has 1 saturated heterocycles. The molecule has 1 aromatic carbocycles. The number of ether oxygens (including phenoxy) is 1. The molecule has 1 fully saturated rings. The van der Waals surface area contributed by atoms with Gasteiger partial charge < -0.3 is 20.3 Å². The van der Waals surface area contributed by atoms with E-state index in [4.69, 9.17) is 4.74 Å². The Bertz CT molecular complexity index is 1360. The molecule has 4 heterocycles.